The van der Waals surface area contributed by atoms with Crippen LogP contribution in [0.4, 0.5) is 149 Å². The van der Waals surface area contributed by atoms with Crippen LogP contribution in [0, 0.1) is 0 Å². The maximum Gasteiger partial charge on any atom is 0.441 e. The molecule has 4 nitrogen and oxygen atoms in total. The summed E-state index contributed by atoms with van der Waals surface area (Å²) in [6.45, 7) is 0. The first kappa shape index (κ1) is 56.5. The Hall–Kier alpha value is -2.51. The summed E-state index contributed by atoms with van der Waals surface area (Å²) in [6.07, 6.45) is -44.7. The summed E-state index contributed by atoms with van der Waals surface area (Å²) in [4.78, 5) is 0. The van der Waals surface area contributed by atoms with Crippen LogP contribution in [-0.2, 0) is 18.8 Å². The fraction of sp³-hybridized carbons (Fsp3) is 1.00. The minimum Gasteiger partial charge on any atom is -0.200 e. The van der Waals surface area contributed by atoms with Gasteiger partial charge in [0, 0.05) is 25.7 Å². The number of alkyl halides is 34. The zero-order valence-electron chi connectivity index (χ0n) is 25.7. The van der Waals surface area contributed by atoms with Gasteiger partial charge in [0.25, 0.3) is 0 Å². The van der Waals surface area contributed by atoms with Gasteiger partial charge in [0.2, 0.25) is 0 Å². The lowest BCUT2D eigenvalue weighted by Gasteiger charge is -2.42. The van der Waals surface area contributed by atoms with E-state index in [1.54, 1.807) is 0 Å². The molecule has 0 saturated carbocycles. The molecule has 0 heterocycles. The molecule has 0 spiro atoms. The van der Waals surface area contributed by atoms with Crippen molar-refractivity contribution in [2.75, 3.05) is 0 Å². The van der Waals surface area contributed by atoms with E-state index in [0.29, 0.717) is 0 Å². The predicted octanol–water partition coefficient (Wildman–Crippen LogP) is 11.8. The Morgan fingerprint density at radius 1 is 0.254 bits per heavy atom. The SMILES string of the molecule is O=S(=O)(OC(F)(F)C(F)(F)C(F)(F)C(F)(F)C(F)(F)C(F)(F)C(F)(F)CCC(F)(F)F)OC(F)(F)C(F)(F)C(F)(F)C(F)(F)C(F)(F)C(F)(F)C(F)(F)CCC(F)(F)F. The molecule has 0 atom stereocenters. The topological polar surface area (TPSA) is 52.6 Å². The fourth-order valence-corrected chi connectivity index (χ4v) is 4.05. The quantitative estimate of drug-likeness (QED) is 0.114. The summed E-state index contributed by atoms with van der Waals surface area (Å²) < 4.78 is 480. The van der Waals surface area contributed by atoms with Gasteiger partial charge in [0.15, 0.2) is 0 Å². The van der Waals surface area contributed by atoms with E-state index in [1.807, 2.05) is 0 Å². The molecule has 0 aliphatic carbocycles. The summed E-state index contributed by atoms with van der Waals surface area (Å²) in [6, 6.07) is 0. The third-order valence-corrected chi connectivity index (χ3v) is 7.49. The van der Waals surface area contributed by atoms with Gasteiger partial charge in [-0.2, -0.15) is 166 Å². The van der Waals surface area contributed by atoms with E-state index in [0.717, 1.165) is 8.37 Å². The van der Waals surface area contributed by atoms with Gasteiger partial charge in [-0.1, -0.05) is 0 Å². The second kappa shape index (κ2) is 14.8. The zero-order chi connectivity index (χ0) is 48.7. The van der Waals surface area contributed by atoms with E-state index in [-0.39, 0.29) is 0 Å². The summed E-state index contributed by atoms with van der Waals surface area (Å²) in [5.41, 5.74) is 0. The monoisotopic (exact) mass is 990 g/mol. The van der Waals surface area contributed by atoms with Crippen molar-refractivity contribution in [3.05, 3.63) is 0 Å². The zero-order valence-corrected chi connectivity index (χ0v) is 26.5. The van der Waals surface area contributed by atoms with E-state index in [2.05, 4.69) is 0 Å². The molecule has 39 heteroatoms. The van der Waals surface area contributed by atoms with Gasteiger partial charge in [-0.05, 0) is 0 Å². The lowest BCUT2D eigenvalue weighted by Crippen LogP contribution is -2.73. The third-order valence-electron chi connectivity index (χ3n) is 6.66. The average Bonchev–Trinajstić information content (AvgIpc) is 2.96. The first-order chi connectivity index (χ1) is 24.8. The molecule has 356 valence electrons. The van der Waals surface area contributed by atoms with E-state index >= 15 is 0 Å². The lowest BCUT2D eigenvalue weighted by atomic mass is 9.89. The maximum atomic E-state index is 13.8. The van der Waals surface area contributed by atoms with Gasteiger partial charge in [-0.25, -0.2) is 0 Å². The molecule has 0 aliphatic heterocycles. The highest BCUT2D eigenvalue weighted by Gasteiger charge is 2.95. The molecule has 0 fully saturated rings. The standard InChI is InChI=1S/C20H8F34O4S/c21-5(22,1-3-7(25,26)27)9(31,32)11(35,36)13(39,40)15(43,44)17(47,48)19(51,52)57-59(55,56)58-20(53,54)18(49,50)16(45,46)14(41,42)12(37,38)10(33,34)6(23,24)2-4-8(28,29)30/h1-4H2. The lowest BCUT2D eigenvalue weighted by molar-refractivity contribution is -0.462. The van der Waals surface area contributed by atoms with Crippen LogP contribution >= 0.6 is 0 Å². The van der Waals surface area contributed by atoms with Crippen molar-refractivity contribution < 1.29 is 166 Å². The van der Waals surface area contributed by atoms with E-state index in [9.17, 15) is 158 Å². The molecule has 59 heavy (non-hydrogen) atoms. The normalized spacial score (nSPS) is 16.8. The van der Waals surface area contributed by atoms with Crippen LogP contribution in [0.25, 0.3) is 0 Å². The van der Waals surface area contributed by atoms with Gasteiger partial charge >= 0.3 is 106 Å². The van der Waals surface area contributed by atoms with E-state index in [4.69, 9.17) is 0 Å². The molecule has 0 rings (SSSR count). The Kier molecular flexibility index (Phi) is 14.2. The van der Waals surface area contributed by atoms with Crippen LogP contribution in [-0.4, -0.2) is 104 Å². The Labute approximate surface area is 299 Å². The molecule has 0 aromatic rings. The molecule has 0 unspecified atom stereocenters. The van der Waals surface area contributed by atoms with Crippen molar-refractivity contribution in [3.63, 3.8) is 0 Å². The molecular formula is C20H8F34O4S. The molecule has 0 bridgehead atoms. The summed E-state index contributed by atoms with van der Waals surface area (Å²) in [7, 11) is -9.23. The van der Waals surface area contributed by atoms with Gasteiger partial charge in [0.1, 0.15) is 0 Å². The average molecular weight is 990 g/mol. The molecule has 0 N–H and O–H groups in total. The Bertz CT molecular complexity index is 1480. The molecule has 0 saturated heterocycles. The van der Waals surface area contributed by atoms with Crippen LogP contribution in [0.5, 0.6) is 0 Å². The second-order valence-electron chi connectivity index (χ2n) is 11.0. The van der Waals surface area contributed by atoms with Crippen LogP contribution < -0.4 is 0 Å². The second-order valence-corrected chi connectivity index (χ2v) is 12.1. The highest BCUT2D eigenvalue weighted by molar-refractivity contribution is 7.81. The van der Waals surface area contributed by atoms with Crippen molar-refractivity contribution in [3.8, 4) is 0 Å². The number of halogens is 34. The van der Waals surface area contributed by atoms with Crippen molar-refractivity contribution in [2.45, 2.75) is 121 Å². The van der Waals surface area contributed by atoms with Crippen LogP contribution in [0.2, 0.25) is 0 Å². The van der Waals surface area contributed by atoms with Crippen molar-refractivity contribution in [1.82, 2.24) is 0 Å². The summed E-state index contributed by atoms with van der Waals surface area (Å²) >= 11 is 0. The van der Waals surface area contributed by atoms with Crippen molar-refractivity contribution in [2.24, 2.45) is 0 Å². The van der Waals surface area contributed by atoms with Gasteiger partial charge in [-0.3, -0.25) is 0 Å². The smallest absolute Gasteiger partial charge is 0.200 e. The third kappa shape index (κ3) is 9.18. The highest BCUT2D eigenvalue weighted by atomic mass is 32.3. The molecule has 0 aromatic heterocycles. The first-order valence-electron chi connectivity index (χ1n) is 12.9. The molecule has 0 radical (unpaired) electrons. The number of hydrogen-bond donors (Lipinski definition) is 0. The van der Waals surface area contributed by atoms with Crippen LogP contribution in [0.15, 0.2) is 0 Å². The van der Waals surface area contributed by atoms with Gasteiger partial charge in [0.05, 0.1) is 0 Å². The Morgan fingerprint density at radius 3 is 0.610 bits per heavy atom. The minimum atomic E-state index is -9.44. The van der Waals surface area contributed by atoms with Gasteiger partial charge < -0.3 is 0 Å². The molecule has 0 amide bonds. The highest BCUT2D eigenvalue weighted by Crippen LogP contribution is 2.65. The molecular weight excluding hydrogens is 982 g/mol. The maximum absolute atomic E-state index is 13.8. The number of rotatable bonds is 20. The summed E-state index contributed by atoms with van der Waals surface area (Å²) in [5.74, 6) is -106. The summed E-state index contributed by atoms with van der Waals surface area (Å²) in [5, 5.41) is 0. The Balaban J connectivity index is 7.06. The number of hydrogen-bond acceptors (Lipinski definition) is 4. The van der Waals surface area contributed by atoms with Crippen LogP contribution in [0.1, 0.15) is 25.7 Å². The largest absolute Gasteiger partial charge is 0.441 e. The predicted molar refractivity (Wildman–Crippen MR) is 111 cm³/mol. The van der Waals surface area contributed by atoms with E-state index < -0.39 is 132 Å². The van der Waals surface area contributed by atoms with Crippen molar-refractivity contribution >= 4 is 10.4 Å². The van der Waals surface area contributed by atoms with Crippen LogP contribution in [0.3, 0.4) is 0 Å². The first-order valence-corrected chi connectivity index (χ1v) is 14.2. The van der Waals surface area contributed by atoms with Crippen molar-refractivity contribution in [1.29, 1.82) is 0 Å². The minimum absolute atomic E-state index is 1.11. The molecule has 0 aliphatic rings. The fourth-order valence-electron chi connectivity index (χ4n) is 3.30. The Morgan fingerprint density at radius 2 is 0.424 bits per heavy atom. The van der Waals surface area contributed by atoms with Gasteiger partial charge in [-0.15, -0.1) is 0 Å². The molecule has 0 aromatic carbocycles. The van der Waals surface area contributed by atoms with E-state index in [1.165, 1.54) is 0 Å².